The Bertz CT molecular complexity index is 780. The van der Waals surface area contributed by atoms with Crippen LogP contribution in [0.25, 0.3) is 6.08 Å². The van der Waals surface area contributed by atoms with Gasteiger partial charge in [0.1, 0.15) is 0 Å². The number of thiophene rings is 1. The topological polar surface area (TPSA) is 41.5 Å². The Morgan fingerprint density at radius 3 is 2.96 bits per heavy atom. The molecule has 0 saturated carbocycles. The molecule has 3 rings (SSSR count). The molecule has 1 N–H and O–H groups in total. The van der Waals surface area contributed by atoms with Crippen LogP contribution in [-0.2, 0) is 12.8 Å². The second-order valence-corrected chi connectivity index (χ2v) is 7.62. The molecule has 2 aromatic rings. The van der Waals surface area contributed by atoms with Gasteiger partial charge in [-0.15, -0.1) is 11.3 Å². The van der Waals surface area contributed by atoms with E-state index in [9.17, 15) is 4.79 Å². The van der Waals surface area contributed by atoms with Gasteiger partial charge in [-0.05, 0) is 48.4 Å². The summed E-state index contributed by atoms with van der Waals surface area (Å²) in [5.41, 5.74) is 4.85. The third kappa shape index (κ3) is 4.34. The number of fused-ring (bicyclic) bond motifs is 1. The number of halogens is 1. The summed E-state index contributed by atoms with van der Waals surface area (Å²) < 4.78 is 0. The molecule has 1 amide bonds. The number of allylic oxidation sites excluding steroid dienone is 1. The van der Waals surface area contributed by atoms with Crippen molar-refractivity contribution in [2.75, 3.05) is 0 Å². The summed E-state index contributed by atoms with van der Waals surface area (Å²) in [6.45, 7) is 2.26. The average Bonchev–Trinajstić information content (AvgIpc) is 2.99. The van der Waals surface area contributed by atoms with Gasteiger partial charge < -0.3 is 0 Å². The van der Waals surface area contributed by atoms with E-state index in [1.807, 2.05) is 36.4 Å². The van der Waals surface area contributed by atoms with Gasteiger partial charge in [0.2, 0.25) is 0 Å². The normalized spacial score (nSPS) is 17.8. The lowest BCUT2D eigenvalue weighted by molar-refractivity contribution is 0.0959. The van der Waals surface area contributed by atoms with Crippen LogP contribution in [0, 0.1) is 5.92 Å². The summed E-state index contributed by atoms with van der Waals surface area (Å²) in [4.78, 5) is 14.3. The first kappa shape index (κ1) is 16.9. The molecule has 3 nitrogen and oxygen atoms in total. The van der Waals surface area contributed by atoms with Gasteiger partial charge in [0.05, 0.1) is 16.1 Å². The second-order valence-electron chi connectivity index (χ2n) is 6.05. The van der Waals surface area contributed by atoms with Crippen molar-refractivity contribution in [3.63, 3.8) is 0 Å². The average molecular weight is 359 g/mol. The van der Waals surface area contributed by atoms with Crippen LogP contribution in [0.3, 0.4) is 0 Å². The van der Waals surface area contributed by atoms with Crippen molar-refractivity contribution < 1.29 is 4.79 Å². The fourth-order valence-electron chi connectivity index (χ4n) is 2.77. The van der Waals surface area contributed by atoms with Crippen molar-refractivity contribution >= 4 is 41.1 Å². The van der Waals surface area contributed by atoms with Gasteiger partial charge in [0.25, 0.3) is 5.91 Å². The second kappa shape index (κ2) is 7.77. The fraction of sp³-hybridized carbons (Fsp3) is 0.263. The van der Waals surface area contributed by atoms with Crippen molar-refractivity contribution in [2.45, 2.75) is 26.2 Å². The number of aryl methyl sites for hydroxylation is 1. The molecule has 1 aromatic carbocycles. The van der Waals surface area contributed by atoms with E-state index in [1.165, 1.54) is 23.1 Å². The standard InChI is InChI=1S/C19H19ClN2OS/c1-13-7-8-17-15(9-13)11-18(24-17)19(23)22-21-12-16(20)10-14-5-3-2-4-6-14/h2-6,10-13H,7-9H2,1H3,(H,22,23)/b16-10-,21-12-/t13-/m0/s1. The minimum absolute atomic E-state index is 0.178. The van der Waals surface area contributed by atoms with Gasteiger partial charge in [0.15, 0.2) is 0 Å². The number of nitrogens with zero attached hydrogens (tertiary/aromatic N) is 1. The van der Waals surface area contributed by atoms with E-state index in [0.29, 0.717) is 11.0 Å². The third-order valence-electron chi connectivity index (χ3n) is 4.01. The molecule has 5 heteroatoms. The maximum absolute atomic E-state index is 12.2. The van der Waals surface area contributed by atoms with Crippen LogP contribution in [-0.4, -0.2) is 12.1 Å². The Morgan fingerprint density at radius 2 is 2.17 bits per heavy atom. The predicted octanol–water partition coefficient (Wildman–Crippen LogP) is 4.87. The van der Waals surface area contributed by atoms with Gasteiger partial charge in [0, 0.05) is 4.88 Å². The van der Waals surface area contributed by atoms with Gasteiger partial charge in [-0.1, -0.05) is 48.9 Å². The van der Waals surface area contributed by atoms with Gasteiger partial charge in [-0.3, -0.25) is 4.79 Å². The smallest absolute Gasteiger partial charge is 0.266 e. The monoisotopic (exact) mass is 358 g/mol. The molecule has 24 heavy (non-hydrogen) atoms. The summed E-state index contributed by atoms with van der Waals surface area (Å²) in [6, 6.07) is 11.7. The molecular weight excluding hydrogens is 340 g/mol. The Kier molecular flexibility index (Phi) is 5.48. The number of nitrogens with one attached hydrogen (secondary N) is 1. The van der Waals surface area contributed by atoms with Crippen LogP contribution < -0.4 is 5.43 Å². The van der Waals surface area contributed by atoms with Crippen molar-refractivity contribution in [3.05, 3.63) is 62.3 Å². The minimum Gasteiger partial charge on any atom is -0.266 e. The number of hydrogen-bond acceptors (Lipinski definition) is 3. The van der Waals surface area contributed by atoms with Crippen molar-refractivity contribution in [1.82, 2.24) is 5.43 Å². The maximum Gasteiger partial charge on any atom is 0.281 e. The number of carbonyl (C=O) groups excluding carboxylic acids is 1. The molecule has 1 aliphatic carbocycles. The molecule has 0 fully saturated rings. The van der Waals surface area contributed by atoms with Crippen LogP contribution in [0.5, 0.6) is 0 Å². The van der Waals surface area contributed by atoms with E-state index in [0.717, 1.165) is 23.3 Å². The number of rotatable bonds is 4. The molecule has 1 heterocycles. The number of carbonyl (C=O) groups is 1. The van der Waals surface area contributed by atoms with Crippen LogP contribution >= 0.6 is 22.9 Å². The zero-order chi connectivity index (χ0) is 16.9. The van der Waals surface area contributed by atoms with Crippen LogP contribution in [0.15, 0.2) is 46.5 Å². The summed E-state index contributed by atoms with van der Waals surface area (Å²) >= 11 is 7.68. The predicted molar refractivity (Wildman–Crippen MR) is 102 cm³/mol. The highest BCUT2D eigenvalue weighted by Gasteiger charge is 2.20. The van der Waals surface area contributed by atoms with Crippen molar-refractivity contribution in [3.8, 4) is 0 Å². The molecule has 1 aromatic heterocycles. The first-order valence-electron chi connectivity index (χ1n) is 7.99. The molecule has 0 radical (unpaired) electrons. The Labute approximate surface area is 151 Å². The molecule has 0 bridgehead atoms. The summed E-state index contributed by atoms with van der Waals surface area (Å²) in [6.07, 6.45) is 6.58. The Morgan fingerprint density at radius 1 is 1.38 bits per heavy atom. The van der Waals surface area contributed by atoms with E-state index < -0.39 is 0 Å². The zero-order valence-electron chi connectivity index (χ0n) is 13.5. The highest BCUT2D eigenvalue weighted by atomic mass is 35.5. The Hall–Kier alpha value is -1.91. The molecule has 1 aliphatic rings. The minimum atomic E-state index is -0.178. The molecule has 1 atom stereocenters. The van der Waals surface area contributed by atoms with Gasteiger partial charge in [-0.2, -0.15) is 5.10 Å². The largest absolute Gasteiger partial charge is 0.281 e. The number of benzene rings is 1. The lowest BCUT2D eigenvalue weighted by atomic mass is 9.90. The number of hydrogen-bond donors (Lipinski definition) is 1. The van der Waals surface area contributed by atoms with Gasteiger partial charge in [-0.25, -0.2) is 5.43 Å². The van der Waals surface area contributed by atoms with Crippen LogP contribution in [0.1, 0.15) is 39.0 Å². The van der Waals surface area contributed by atoms with Crippen LogP contribution in [0.2, 0.25) is 0 Å². The summed E-state index contributed by atoms with van der Waals surface area (Å²) in [5.74, 6) is 0.519. The highest BCUT2D eigenvalue weighted by molar-refractivity contribution is 7.14. The fourth-order valence-corrected chi connectivity index (χ4v) is 4.04. The zero-order valence-corrected chi connectivity index (χ0v) is 15.0. The van der Waals surface area contributed by atoms with E-state index in [1.54, 1.807) is 17.4 Å². The van der Waals surface area contributed by atoms with E-state index in [4.69, 9.17) is 11.6 Å². The maximum atomic E-state index is 12.2. The summed E-state index contributed by atoms with van der Waals surface area (Å²) in [7, 11) is 0. The highest BCUT2D eigenvalue weighted by Crippen LogP contribution is 2.32. The van der Waals surface area contributed by atoms with Crippen LogP contribution in [0.4, 0.5) is 0 Å². The lowest BCUT2D eigenvalue weighted by Crippen LogP contribution is -2.16. The molecule has 0 unspecified atom stereocenters. The first-order chi connectivity index (χ1) is 11.6. The lowest BCUT2D eigenvalue weighted by Gasteiger charge is -2.16. The molecule has 124 valence electrons. The van der Waals surface area contributed by atoms with E-state index in [-0.39, 0.29) is 5.91 Å². The van der Waals surface area contributed by atoms with E-state index >= 15 is 0 Å². The van der Waals surface area contributed by atoms with Gasteiger partial charge >= 0.3 is 0 Å². The molecule has 0 spiro atoms. The first-order valence-corrected chi connectivity index (χ1v) is 9.18. The molecule has 0 saturated heterocycles. The number of hydrazone groups is 1. The Balaban J connectivity index is 1.60. The van der Waals surface area contributed by atoms with Crippen molar-refractivity contribution in [2.24, 2.45) is 11.0 Å². The third-order valence-corrected chi connectivity index (χ3v) is 5.45. The quantitative estimate of drug-likeness (QED) is 0.615. The number of amides is 1. The molecular formula is C19H19ClN2OS. The molecule has 0 aliphatic heterocycles. The van der Waals surface area contributed by atoms with E-state index in [2.05, 4.69) is 17.5 Å². The van der Waals surface area contributed by atoms with Crippen molar-refractivity contribution in [1.29, 1.82) is 0 Å². The SMILES string of the molecule is C[C@H]1CCc2sc(C(=O)N/N=C\C(Cl)=C\c3ccccc3)cc2C1. The summed E-state index contributed by atoms with van der Waals surface area (Å²) in [5, 5.41) is 4.41.